The van der Waals surface area contributed by atoms with Crippen LogP contribution in [-0.2, 0) is 4.74 Å². The zero-order valence-corrected chi connectivity index (χ0v) is 10.3. The number of rotatable bonds is 3. The molecule has 1 aromatic rings. The molecular weight excluding hydrogens is 254 g/mol. The number of esters is 1. The molecular formula is C11H15N3O5. The lowest BCUT2D eigenvalue weighted by Gasteiger charge is -2.22. The summed E-state index contributed by atoms with van der Waals surface area (Å²) in [5, 5.41) is 33.4. The second-order valence-electron chi connectivity index (χ2n) is 5.17. The van der Waals surface area contributed by atoms with Gasteiger partial charge in [0.1, 0.15) is 12.4 Å². The maximum absolute atomic E-state index is 11.3. The zero-order valence-electron chi connectivity index (χ0n) is 10.3. The second-order valence-corrected chi connectivity index (χ2v) is 5.17. The van der Waals surface area contributed by atoms with Crippen LogP contribution in [-0.4, -0.2) is 62.0 Å². The molecule has 8 heteroatoms. The normalized spacial score (nSPS) is 40.0. The monoisotopic (exact) mass is 269 g/mol. The van der Waals surface area contributed by atoms with Crippen molar-refractivity contribution >= 4 is 5.97 Å². The van der Waals surface area contributed by atoms with Crippen molar-refractivity contribution in [1.29, 1.82) is 0 Å². The van der Waals surface area contributed by atoms with Crippen LogP contribution in [0, 0.1) is 11.3 Å². The van der Waals surface area contributed by atoms with Crippen molar-refractivity contribution in [2.24, 2.45) is 11.3 Å². The van der Waals surface area contributed by atoms with E-state index in [1.165, 1.54) is 18.1 Å². The number of fused-ring (bicyclic) bond motifs is 1. The molecule has 3 unspecified atom stereocenters. The number of methoxy groups -OCH3 is 1. The van der Waals surface area contributed by atoms with E-state index >= 15 is 0 Å². The Bertz CT molecular complexity index is 518. The molecule has 0 aliphatic heterocycles. The van der Waals surface area contributed by atoms with Gasteiger partial charge in [-0.3, -0.25) is 0 Å². The van der Waals surface area contributed by atoms with Gasteiger partial charge < -0.3 is 20.1 Å². The highest BCUT2D eigenvalue weighted by Gasteiger charge is 2.71. The van der Waals surface area contributed by atoms with Crippen LogP contribution in [0.25, 0.3) is 0 Å². The van der Waals surface area contributed by atoms with Gasteiger partial charge in [-0.05, 0) is 12.3 Å². The number of hydrogen-bond donors (Lipinski definition) is 3. The smallest absolute Gasteiger partial charge is 0.377 e. The third kappa shape index (κ3) is 1.54. The molecule has 2 aliphatic carbocycles. The summed E-state index contributed by atoms with van der Waals surface area (Å²) in [6.45, 7) is -0.176. The Balaban J connectivity index is 1.88. The first-order chi connectivity index (χ1) is 9.05. The first-order valence-electron chi connectivity index (χ1n) is 6.01. The summed E-state index contributed by atoms with van der Waals surface area (Å²) in [6, 6.07) is -0.479. The van der Waals surface area contributed by atoms with E-state index in [0.29, 0.717) is 6.42 Å². The van der Waals surface area contributed by atoms with Crippen LogP contribution >= 0.6 is 0 Å². The van der Waals surface area contributed by atoms with Crippen LogP contribution in [0.4, 0.5) is 0 Å². The molecule has 0 bridgehead atoms. The van der Waals surface area contributed by atoms with Gasteiger partial charge in [0.2, 0.25) is 0 Å². The summed E-state index contributed by atoms with van der Waals surface area (Å²) in [4.78, 5) is 15.1. The van der Waals surface area contributed by atoms with Crippen molar-refractivity contribution < 1.29 is 24.9 Å². The standard InChI is InChI=1S/C11H15N3O5/c1-19-10(18)9-12-4-14(13-9)6-5-2-11(5,3-15)8(17)7(6)16/h4-8,15-17H,2-3H2,1H3/t5?,6-,7+,8?,11?/m1/s1. The van der Waals surface area contributed by atoms with Crippen molar-refractivity contribution in [3.8, 4) is 0 Å². The van der Waals surface area contributed by atoms with Crippen LogP contribution in [0.1, 0.15) is 23.1 Å². The van der Waals surface area contributed by atoms with Crippen LogP contribution in [0.3, 0.4) is 0 Å². The minimum absolute atomic E-state index is 0.0605. The summed E-state index contributed by atoms with van der Waals surface area (Å²) < 4.78 is 5.88. The summed E-state index contributed by atoms with van der Waals surface area (Å²) in [5.74, 6) is -0.808. The largest absolute Gasteiger partial charge is 0.463 e. The minimum Gasteiger partial charge on any atom is -0.463 e. The lowest BCUT2D eigenvalue weighted by atomic mass is 10.0. The van der Waals surface area contributed by atoms with Crippen LogP contribution in [0.15, 0.2) is 6.33 Å². The van der Waals surface area contributed by atoms with Crippen molar-refractivity contribution in [2.45, 2.75) is 24.7 Å². The Morgan fingerprint density at radius 1 is 1.63 bits per heavy atom. The van der Waals surface area contributed by atoms with Crippen LogP contribution < -0.4 is 0 Å². The van der Waals surface area contributed by atoms with Gasteiger partial charge in [0.15, 0.2) is 0 Å². The molecule has 2 aliphatic rings. The first-order valence-corrected chi connectivity index (χ1v) is 6.01. The third-order valence-corrected chi connectivity index (χ3v) is 4.33. The quantitative estimate of drug-likeness (QED) is 0.562. The van der Waals surface area contributed by atoms with E-state index in [1.54, 1.807) is 0 Å². The molecule has 2 fully saturated rings. The Morgan fingerprint density at radius 3 is 2.95 bits per heavy atom. The third-order valence-electron chi connectivity index (χ3n) is 4.33. The van der Waals surface area contributed by atoms with E-state index in [9.17, 15) is 20.1 Å². The van der Waals surface area contributed by atoms with Gasteiger partial charge in [0, 0.05) is 5.41 Å². The molecule has 0 radical (unpaired) electrons. The molecule has 1 heterocycles. The van der Waals surface area contributed by atoms with Gasteiger partial charge >= 0.3 is 5.97 Å². The number of aromatic nitrogens is 3. The molecule has 5 atom stereocenters. The van der Waals surface area contributed by atoms with Crippen LogP contribution in [0.5, 0.6) is 0 Å². The number of aliphatic hydroxyl groups is 3. The lowest BCUT2D eigenvalue weighted by molar-refractivity contribution is -0.0318. The fraction of sp³-hybridized carbons (Fsp3) is 0.727. The van der Waals surface area contributed by atoms with Crippen LogP contribution in [0.2, 0.25) is 0 Å². The molecule has 19 heavy (non-hydrogen) atoms. The van der Waals surface area contributed by atoms with Gasteiger partial charge in [-0.1, -0.05) is 0 Å². The summed E-state index contributed by atoms with van der Waals surface area (Å²) >= 11 is 0. The Labute approximate surface area is 108 Å². The Morgan fingerprint density at radius 2 is 2.37 bits per heavy atom. The van der Waals surface area contributed by atoms with Gasteiger partial charge in [0.05, 0.1) is 25.9 Å². The van der Waals surface area contributed by atoms with E-state index in [2.05, 4.69) is 14.8 Å². The van der Waals surface area contributed by atoms with Crippen molar-refractivity contribution in [2.75, 3.05) is 13.7 Å². The predicted molar refractivity (Wildman–Crippen MR) is 60.0 cm³/mol. The average Bonchev–Trinajstić information content (AvgIpc) is 2.86. The van der Waals surface area contributed by atoms with E-state index in [-0.39, 0.29) is 18.3 Å². The van der Waals surface area contributed by atoms with E-state index < -0.39 is 29.6 Å². The number of ether oxygens (including phenoxy) is 1. The average molecular weight is 269 g/mol. The van der Waals surface area contributed by atoms with Crippen molar-refractivity contribution in [3.05, 3.63) is 12.2 Å². The molecule has 104 valence electrons. The molecule has 2 saturated carbocycles. The fourth-order valence-electron chi connectivity index (χ4n) is 3.14. The first kappa shape index (κ1) is 12.5. The van der Waals surface area contributed by atoms with Crippen molar-refractivity contribution in [3.63, 3.8) is 0 Å². The summed E-state index contributed by atoms with van der Waals surface area (Å²) in [5.41, 5.74) is -0.637. The highest BCUT2D eigenvalue weighted by atomic mass is 16.5. The molecule has 8 nitrogen and oxygen atoms in total. The zero-order chi connectivity index (χ0) is 13.8. The highest BCUT2D eigenvalue weighted by Crippen LogP contribution is 2.67. The second kappa shape index (κ2) is 3.99. The molecule has 0 spiro atoms. The highest BCUT2D eigenvalue weighted by molar-refractivity contribution is 5.84. The number of hydrogen-bond acceptors (Lipinski definition) is 7. The van der Waals surface area contributed by atoms with Gasteiger partial charge in [0.25, 0.3) is 5.82 Å². The van der Waals surface area contributed by atoms with Crippen molar-refractivity contribution in [1.82, 2.24) is 14.8 Å². The molecule has 0 amide bonds. The predicted octanol–water partition coefficient (Wildman–Crippen LogP) is -1.66. The van der Waals surface area contributed by atoms with E-state index in [4.69, 9.17) is 0 Å². The molecule has 3 rings (SSSR count). The van der Waals surface area contributed by atoms with E-state index in [1.807, 2.05) is 0 Å². The molecule has 3 N–H and O–H groups in total. The maximum atomic E-state index is 11.3. The SMILES string of the molecule is COC(=O)c1ncn([C@@H]2C3CC3(CO)C(O)[C@H]2O)n1. The maximum Gasteiger partial charge on any atom is 0.377 e. The Hall–Kier alpha value is -1.51. The fourth-order valence-corrected chi connectivity index (χ4v) is 3.14. The number of carbonyl (C=O) groups is 1. The lowest BCUT2D eigenvalue weighted by Crippen LogP contribution is -2.35. The summed E-state index contributed by atoms with van der Waals surface area (Å²) in [7, 11) is 1.23. The number of aliphatic hydroxyl groups excluding tert-OH is 3. The summed E-state index contributed by atoms with van der Waals surface area (Å²) in [6.07, 6.45) is -0.0605. The van der Waals surface area contributed by atoms with Gasteiger partial charge in [-0.2, -0.15) is 0 Å². The topological polar surface area (TPSA) is 118 Å². The molecule has 0 saturated heterocycles. The molecule has 1 aromatic heterocycles. The van der Waals surface area contributed by atoms with Gasteiger partial charge in [-0.25, -0.2) is 14.5 Å². The van der Waals surface area contributed by atoms with Gasteiger partial charge in [-0.15, -0.1) is 5.10 Å². The number of carbonyl (C=O) groups excluding carboxylic acids is 1. The minimum atomic E-state index is -1.03. The van der Waals surface area contributed by atoms with E-state index in [0.717, 1.165) is 0 Å². The Kier molecular flexibility index (Phi) is 2.63. The molecule has 0 aromatic carbocycles. The number of nitrogens with zero attached hydrogens (tertiary/aromatic N) is 3.